The van der Waals surface area contributed by atoms with Crippen LogP contribution in [-0.4, -0.2) is 11.5 Å². The van der Waals surface area contributed by atoms with Gasteiger partial charge in [-0.15, -0.1) is 0 Å². The molecule has 9 aromatic rings. The van der Waals surface area contributed by atoms with Crippen LogP contribution in [-0.2, 0) is 0 Å². The van der Waals surface area contributed by atoms with Crippen LogP contribution in [0.25, 0.3) is 71.1 Å². The molecule has 9 aromatic carbocycles. The largest absolute Gasteiger partial charge is 0.282 e. The lowest BCUT2D eigenvalue weighted by molar-refractivity contribution is 1.42. The van der Waals surface area contributed by atoms with Gasteiger partial charge in [0.1, 0.15) is 0 Å². The first kappa shape index (κ1) is 29.5. The minimum atomic E-state index is 0.234. The Bertz CT molecular complexity index is 2820. The van der Waals surface area contributed by atoms with E-state index in [1.165, 1.54) is 54.2 Å². The summed E-state index contributed by atoms with van der Waals surface area (Å²) in [6.07, 6.45) is 4.15. The maximum atomic E-state index is 8.82. The third-order valence-corrected chi connectivity index (χ3v) is 9.70. The van der Waals surface area contributed by atoms with Gasteiger partial charge in [-0.1, -0.05) is 164 Å². The van der Waals surface area contributed by atoms with E-state index in [-0.39, 0.29) is 5.84 Å². The average Bonchev–Trinajstić information content (AvgIpc) is 3.18. The van der Waals surface area contributed by atoms with E-state index in [4.69, 9.17) is 10.4 Å². The molecule has 0 heterocycles. The van der Waals surface area contributed by atoms with E-state index in [9.17, 15) is 0 Å². The minimum Gasteiger partial charge on any atom is -0.282 e. The molecule has 0 amide bonds. The van der Waals surface area contributed by atoms with Gasteiger partial charge in [0.15, 0.2) is 5.84 Å². The summed E-state index contributed by atoms with van der Waals surface area (Å²) in [4.78, 5) is 4.87. The standard InChI is InChI=1S/C48H32N2/c49-48(35-13-2-1-3-14-35)50-46(43-20-10-16-33-11-4-7-17-40(33)43)28-22-32-21-23-37-30-39(25-24-36(37)29-32)47-42-19-9-6-15-38(42)31-45-41-18-8-5-12-34(41)26-27-44(45)47/h1-31,49H/b28-22+,49-48?,50-46?. The molecule has 0 atom stereocenters. The Morgan fingerprint density at radius 2 is 1.08 bits per heavy atom. The lowest BCUT2D eigenvalue weighted by Gasteiger charge is -2.15. The number of nitrogens with one attached hydrogen (secondary N) is 1. The van der Waals surface area contributed by atoms with E-state index in [0.29, 0.717) is 0 Å². The molecule has 50 heavy (non-hydrogen) atoms. The number of rotatable bonds is 5. The van der Waals surface area contributed by atoms with Crippen molar-refractivity contribution in [1.29, 1.82) is 5.41 Å². The van der Waals surface area contributed by atoms with Crippen molar-refractivity contribution >= 4 is 71.5 Å². The lowest BCUT2D eigenvalue weighted by atomic mass is 9.89. The fourth-order valence-corrected chi connectivity index (χ4v) is 7.25. The van der Waals surface area contributed by atoms with Gasteiger partial charge in [-0.05, 0) is 94.8 Å². The number of nitrogens with zero attached hydrogens (tertiary/aromatic N) is 1. The summed E-state index contributed by atoms with van der Waals surface area (Å²) in [5.41, 5.74) is 6.09. The lowest BCUT2D eigenvalue weighted by Crippen LogP contribution is -2.04. The molecule has 2 heteroatoms. The number of hydrogen-bond donors (Lipinski definition) is 1. The third-order valence-electron chi connectivity index (χ3n) is 9.70. The molecule has 9 rings (SSSR count). The van der Waals surface area contributed by atoms with Gasteiger partial charge in [0.25, 0.3) is 0 Å². The molecule has 234 valence electrons. The Labute approximate surface area is 290 Å². The molecule has 0 fully saturated rings. The Hall–Kier alpha value is -6.64. The first-order valence-corrected chi connectivity index (χ1v) is 17.0. The maximum absolute atomic E-state index is 8.82. The van der Waals surface area contributed by atoms with Crippen LogP contribution in [0.3, 0.4) is 0 Å². The topological polar surface area (TPSA) is 36.2 Å². The number of hydrogen-bond acceptors (Lipinski definition) is 1. The molecular weight excluding hydrogens is 605 g/mol. The zero-order valence-corrected chi connectivity index (χ0v) is 27.3. The van der Waals surface area contributed by atoms with Gasteiger partial charge >= 0.3 is 0 Å². The zero-order chi connectivity index (χ0) is 33.4. The summed E-state index contributed by atoms with van der Waals surface area (Å²) < 4.78 is 0. The molecular formula is C48H32N2. The third kappa shape index (κ3) is 5.34. The minimum absolute atomic E-state index is 0.234. The Morgan fingerprint density at radius 1 is 0.440 bits per heavy atom. The predicted molar refractivity (Wildman–Crippen MR) is 215 cm³/mol. The molecule has 0 unspecified atom stereocenters. The van der Waals surface area contributed by atoms with Gasteiger partial charge in [-0.25, -0.2) is 4.99 Å². The van der Waals surface area contributed by atoms with E-state index in [1.54, 1.807) is 0 Å². The normalized spacial score (nSPS) is 12.1. The highest BCUT2D eigenvalue weighted by atomic mass is 14.8. The second-order valence-corrected chi connectivity index (χ2v) is 12.7. The second kappa shape index (κ2) is 12.4. The van der Waals surface area contributed by atoms with Gasteiger partial charge in [0.05, 0.1) is 5.71 Å². The van der Waals surface area contributed by atoms with Crippen LogP contribution in [0.1, 0.15) is 16.7 Å². The molecule has 0 aliphatic rings. The maximum Gasteiger partial charge on any atom is 0.152 e. The monoisotopic (exact) mass is 636 g/mol. The van der Waals surface area contributed by atoms with Crippen LogP contribution in [0, 0.1) is 5.41 Å². The first-order chi connectivity index (χ1) is 24.7. The summed E-state index contributed by atoms with van der Waals surface area (Å²) >= 11 is 0. The van der Waals surface area contributed by atoms with E-state index < -0.39 is 0 Å². The quantitative estimate of drug-likeness (QED) is 0.0845. The van der Waals surface area contributed by atoms with E-state index in [2.05, 4.69) is 152 Å². The number of allylic oxidation sites excluding steroid dienone is 1. The van der Waals surface area contributed by atoms with Crippen LogP contribution in [0.15, 0.2) is 187 Å². The fraction of sp³-hybridized carbons (Fsp3) is 0. The van der Waals surface area contributed by atoms with Crippen molar-refractivity contribution in [3.63, 3.8) is 0 Å². The van der Waals surface area contributed by atoms with Crippen LogP contribution in [0.5, 0.6) is 0 Å². The SMILES string of the molecule is N=C(N=C(/C=C/c1ccc2cc(-c3c4ccccc4cc4c3ccc3ccccc34)ccc2c1)c1cccc2ccccc12)c1ccccc1. The molecule has 0 saturated heterocycles. The van der Waals surface area contributed by atoms with Crippen LogP contribution in [0.2, 0.25) is 0 Å². The summed E-state index contributed by atoms with van der Waals surface area (Å²) in [7, 11) is 0. The Kier molecular flexibility index (Phi) is 7.33. The van der Waals surface area contributed by atoms with Crippen LogP contribution < -0.4 is 0 Å². The van der Waals surface area contributed by atoms with Gasteiger partial charge in [0, 0.05) is 11.1 Å². The van der Waals surface area contributed by atoms with Crippen LogP contribution >= 0.6 is 0 Å². The molecule has 0 aromatic heterocycles. The summed E-state index contributed by atoms with van der Waals surface area (Å²) in [6.45, 7) is 0. The zero-order valence-electron chi connectivity index (χ0n) is 27.3. The molecule has 0 aliphatic carbocycles. The summed E-state index contributed by atoms with van der Waals surface area (Å²) in [5.74, 6) is 0.234. The Morgan fingerprint density at radius 3 is 1.92 bits per heavy atom. The molecule has 0 spiro atoms. The Balaban J connectivity index is 1.13. The highest BCUT2D eigenvalue weighted by Crippen LogP contribution is 2.40. The van der Waals surface area contributed by atoms with Crippen molar-refractivity contribution in [3.8, 4) is 11.1 Å². The molecule has 0 aliphatic heterocycles. The van der Waals surface area contributed by atoms with E-state index in [1.807, 2.05) is 36.4 Å². The van der Waals surface area contributed by atoms with Crippen molar-refractivity contribution in [2.75, 3.05) is 0 Å². The molecule has 1 N–H and O–H groups in total. The smallest absolute Gasteiger partial charge is 0.152 e. The van der Waals surface area contributed by atoms with Crippen molar-refractivity contribution in [1.82, 2.24) is 0 Å². The highest BCUT2D eigenvalue weighted by Gasteiger charge is 2.13. The van der Waals surface area contributed by atoms with Crippen molar-refractivity contribution in [2.24, 2.45) is 4.99 Å². The van der Waals surface area contributed by atoms with Crippen molar-refractivity contribution in [2.45, 2.75) is 0 Å². The van der Waals surface area contributed by atoms with Gasteiger partial charge < -0.3 is 0 Å². The molecule has 0 radical (unpaired) electrons. The fourth-order valence-electron chi connectivity index (χ4n) is 7.25. The first-order valence-electron chi connectivity index (χ1n) is 17.0. The van der Waals surface area contributed by atoms with Gasteiger partial charge in [-0.2, -0.15) is 0 Å². The molecule has 0 bridgehead atoms. The molecule has 0 saturated carbocycles. The molecule has 2 nitrogen and oxygen atoms in total. The van der Waals surface area contributed by atoms with E-state index in [0.717, 1.165) is 33.2 Å². The number of fused-ring (bicyclic) bond motifs is 6. The second-order valence-electron chi connectivity index (χ2n) is 12.7. The predicted octanol–water partition coefficient (Wildman–Crippen LogP) is 12.6. The number of benzene rings is 9. The van der Waals surface area contributed by atoms with Gasteiger partial charge in [0.2, 0.25) is 0 Å². The number of aliphatic imine (C=N–C) groups is 1. The van der Waals surface area contributed by atoms with Crippen molar-refractivity contribution in [3.05, 3.63) is 199 Å². The summed E-state index contributed by atoms with van der Waals surface area (Å²) in [6, 6.07) is 62.0. The summed E-state index contributed by atoms with van der Waals surface area (Å²) in [5, 5.41) is 21.0. The van der Waals surface area contributed by atoms with Crippen molar-refractivity contribution < 1.29 is 0 Å². The average molecular weight is 637 g/mol. The highest BCUT2D eigenvalue weighted by molar-refractivity contribution is 6.23. The van der Waals surface area contributed by atoms with Gasteiger partial charge in [-0.3, -0.25) is 5.41 Å². The number of amidine groups is 1. The van der Waals surface area contributed by atoms with E-state index >= 15 is 0 Å². The van der Waals surface area contributed by atoms with Crippen LogP contribution in [0.4, 0.5) is 0 Å².